The Morgan fingerprint density at radius 3 is 3.05 bits per heavy atom. The van der Waals surface area contributed by atoms with Crippen LogP contribution in [0, 0.1) is 5.92 Å². The first-order valence-electron chi connectivity index (χ1n) is 6.29. The molecule has 0 aliphatic carbocycles. The Kier molecular flexibility index (Phi) is 4.77. The molecule has 1 unspecified atom stereocenters. The number of thiazole rings is 1. The van der Waals surface area contributed by atoms with E-state index in [1.165, 1.54) is 17.6 Å². The van der Waals surface area contributed by atoms with Crippen LogP contribution < -0.4 is 10.5 Å². The highest BCUT2D eigenvalue weighted by molar-refractivity contribution is 7.88. The number of nitrogen functional groups attached to an aromatic ring is 1. The first-order valence-corrected chi connectivity index (χ1v) is 9.00. The molecular weight excluding hydrogens is 284 g/mol. The number of rotatable bonds is 5. The van der Waals surface area contributed by atoms with Gasteiger partial charge in [-0.15, -0.1) is 11.3 Å². The molecule has 0 radical (unpaired) electrons. The number of aromatic nitrogens is 1. The highest BCUT2D eigenvalue weighted by atomic mass is 32.2. The second-order valence-electron chi connectivity index (χ2n) is 5.03. The monoisotopic (exact) mass is 304 g/mol. The van der Waals surface area contributed by atoms with Crippen molar-refractivity contribution in [3.63, 3.8) is 0 Å². The van der Waals surface area contributed by atoms with Crippen LogP contribution in [0.15, 0.2) is 6.20 Å². The number of nitrogens with one attached hydrogen (secondary N) is 1. The number of likely N-dealkylation sites (tertiary alicyclic amines) is 1. The van der Waals surface area contributed by atoms with E-state index in [1.807, 2.05) is 6.20 Å². The van der Waals surface area contributed by atoms with Crippen LogP contribution in [0.2, 0.25) is 0 Å². The fourth-order valence-electron chi connectivity index (χ4n) is 2.35. The highest BCUT2D eigenvalue weighted by Gasteiger charge is 2.21. The van der Waals surface area contributed by atoms with Crippen LogP contribution in [0.5, 0.6) is 0 Å². The summed E-state index contributed by atoms with van der Waals surface area (Å²) in [6, 6.07) is 0. The SMILES string of the molecule is CS(=O)(=O)NCC1CCCN(Cc2cnc(N)s2)C1. The van der Waals surface area contributed by atoms with Crippen molar-refractivity contribution in [3.8, 4) is 0 Å². The molecule has 0 bridgehead atoms. The Labute approximate surface area is 118 Å². The van der Waals surface area contributed by atoms with E-state index < -0.39 is 10.0 Å². The van der Waals surface area contributed by atoms with Crippen LogP contribution in [0.1, 0.15) is 17.7 Å². The van der Waals surface area contributed by atoms with Crippen LogP contribution in [-0.2, 0) is 16.6 Å². The van der Waals surface area contributed by atoms with E-state index in [4.69, 9.17) is 5.73 Å². The summed E-state index contributed by atoms with van der Waals surface area (Å²) in [4.78, 5) is 7.55. The summed E-state index contributed by atoms with van der Waals surface area (Å²) >= 11 is 1.51. The molecule has 0 saturated carbocycles. The number of sulfonamides is 1. The van der Waals surface area contributed by atoms with Gasteiger partial charge >= 0.3 is 0 Å². The third-order valence-corrected chi connectivity index (χ3v) is 4.69. The van der Waals surface area contributed by atoms with Gasteiger partial charge < -0.3 is 5.73 Å². The number of nitrogens with zero attached hydrogens (tertiary/aromatic N) is 2. The molecule has 3 N–H and O–H groups in total. The quantitative estimate of drug-likeness (QED) is 0.826. The van der Waals surface area contributed by atoms with Crippen LogP contribution in [0.4, 0.5) is 5.13 Å². The van der Waals surface area contributed by atoms with Gasteiger partial charge in [0, 0.05) is 30.7 Å². The molecule has 1 aromatic rings. The number of hydrogen-bond acceptors (Lipinski definition) is 6. The summed E-state index contributed by atoms with van der Waals surface area (Å²) in [5.74, 6) is 0.383. The molecule has 1 aromatic heterocycles. The fourth-order valence-corrected chi connectivity index (χ4v) is 3.61. The first kappa shape index (κ1) is 14.7. The molecule has 0 aromatic carbocycles. The lowest BCUT2D eigenvalue weighted by atomic mass is 9.98. The predicted octanol–water partition coefficient (Wildman–Crippen LogP) is 0.486. The molecule has 1 saturated heterocycles. The summed E-state index contributed by atoms with van der Waals surface area (Å²) in [5.41, 5.74) is 5.62. The summed E-state index contributed by atoms with van der Waals surface area (Å²) in [7, 11) is -3.09. The van der Waals surface area contributed by atoms with E-state index in [-0.39, 0.29) is 0 Å². The molecule has 2 heterocycles. The van der Waals surface area contributed by atoms with Gasteiger partial charge in [0.05, 0.1) is 6.26 Å². The number of anilines is 1. The Hall–Kier alpha value is -0.700. The van der Waals surface area contributed by atoms with Crippen molar-refractivity contribution in [1.29, 1.82) is 0 Å². The van der Waals surface area contributed by atoms with Gasteiger partial charge in [0.1, 0.15) is 0 Å². The minimum absolute atomic E-state index is 0.383. The van der Waals surface area contributed by atoms with E-state index in [0.29, 0.717) is 17.6 Å². The van der Waals surface area contributed by atoms with Gasteiger partial charge in [0.15, 0.2) is 5.13 Å². The molecule has 6 nitrogen and oxygen atoms in total. The number of piperidine rings is 1. The van der Waals surface area contributed by atoms with Crippen molar-refractivity contribution in [1.82, 2.24) is 14.6 Å². The first-order chi connectivity index (χ1) is 8.92. The van der Waals surface area contributed by atoms with Gasteiger partial charge in [-0.2, -0.15) is 0 Å². The summed E-state index contributed by atoms with van der Waals surface area (Å²) in [6.45, 7) is 3.35. The lowest BCUT2D eigenvalue weighted by molar-refractivity contribution is 0.170. The Balaban J connectivity index is 1.83. The molecule has 2 rings (SSSR count). The van der Waals surface area contributed by atoms with Crippen LogP contribution in [0.25, 0.3) is 0 Å². The van der Waals surface area contributed by atoms with E-state index in [0.717, 1.165) is 37.4 Å². The minimum Gasteiger partial charge on any atom is -0.375 e. The zero-order valence-corrected chi connectivity index (χ0v) is 12.6. The molecule has 1 atom stereocenters. The van der Waals surface area contributed by atoms with Crippen molar-refractivity contribution in [2.24, 2.45) is 5.92 Å². The standard InChI is InChI=1S/C11H20N4O2S2/c1-19(16,17)14-5-9-3-2-4-15(7-9)8-10-6-13-11(12)18-10/h6,9,14H,2-5,7-8H2,1H3,(H2,12,13). The van der Waals surface area contributed by atoms with Gasteiger partial charge in [0.2, 0.25) is 10.0 Å². The van der Waals surface area contributed by atoms with E-state index in [9.17, 15) is 8.42 Å². The molecule has 19 heavy (non-hydrogen) atoms. The Morgan fingerprint density at radius 1 is 1.63 bits per heavy atom. The van der Waals surface area contributed by atoms with Gasteiger partial charge in [0.25, 0.3) is 0 Å². The largest absolute Gasteiger partial charge is 0.375 e. The lowest BCUT2D eigenvalue weighted by Crippen LogP contribution is -2.40. The number of hydrogen-bond donors (Lipinski definition) is 2. The van der Waals surface area contributed by atoms with Crippen molar-refractivity contribution in [2.75, 3.05) is 31.6 Å². The second-order valence-corrected chi connectivity index (χ2v) is 8.01. The fraction of sp³-hybridized carbons (Fsp3) is 0.727. The van der Waals surface area contributed by atoms with E-state index >= 15 is 0 Å². The van der Waals surface area contributed by atoms with Crippen LogP contribution >= 0.6 is 11.3 Å². The summed E-state index contributed by atoms with van der Waals surface area (Å²) in [6.07, 6.45) is 5.19. The normalized spacial score (nSPS) is 21.6. The van der Waals surface area contributed by atoms with Gasteiger partial charge in [-0.25, -0.2) is 18.1 Å². The number of nitrogens with two attached hydrogens (primary N) is 1. The molecule has 8 heteroatoms. The van der Waals surface area contributed by atoms with Gasteiger partial charge in [-0.05, 0) is 25.3 Å². The topological polar surface area (TPSA) is 88.3 Å². The zero-order valence-electron chi connectivity index (χ0n) is 11.0. The van der Waals surface area contributed by atoms with Crippen molar-refractivity contribution >= 4 is 26.5 Å². The maximum absolute atomic E-state index is 11.1. The third kappa shape index (κ3) is 5.06. The van der Waals surface area contributed by atoms with Crippen molar-refractivity contribution < 1.29 is 8.42 Å². The predicted molar refractivity (Wildman–Crippen MR) is 77.4 cm³/mol. The van der Waals surface area contributed by atoms with E-state index in [2.05, 4.69) is 14.6 Å². The minimum atomic E-state index is -3.09. The summed E-state index contributed by atoms with van der Waals surface area (Å²) in [5, 5.41) is 0.599. The van der Waals surface area contributed by atoms with Gasteiger partial charge in [-0.1, -0.05) is 0 Å². The lowest BCUT2D eigenvalue weighted by Gasteiger charge is -2.32. The Morgan fingerprint density at radius 2 is 2.42 bits per heavy atom. The molecule has 0 amide bonds. The average molecular weight is 304 g/mol. The summed E-state index contributed by atoms with van der Waals surface area (Å²) < 4.78 is 24.8. The second kappa shape index (κ2) is 6.17. The maximum atomic E-state index is 11.1. The molecule has 1 aliphatic rings. The zero-order chi connectivity index (χ0) is 13.9. The molecular formula is C11H20N4O2S2. The van der Waals surface area contributed by atoms with Gasteiger partial charge in [-0.3, -0.25) is 4.90 Å². The smallest absolute Gasteiger partial charge is 0.208 e. The average Bonchev–Trinajstić information content (AvgIpc) is 2.72. The molecule has 0 spiro atoms. The van der Waals surface area contributed by atoms with Crippen molar-refractivity contribution in [3.05, 3.63) is 11.1 Å². The third-order valence-electron chi connectivity index (χ3n) is 3.19. The van der Waals surface area contributed by atoms with Crippen LogP contribution in [0.3, 0.4) is 0 Å². The highest BCUT2D eigenvalue weighted by Crippen LogP contribution is 2.21. The van der Waals surface area contributed by atoms with Crippen molar-refractivity contribution in [2.45, 2.75) is 19.4 Å². The molecule has 108 valence electrons. The molecule has 1 fully saturated rings. The van der Waals surface area contributed by atoms with E-state index in [1.54, 1.807) is 0 Å². The maximum Gasteiger partial charge on any atom is 0.208 e. The Bertz CT molecular complexity index is 515. The molecule has 1 aliphatic heterocycles. The van der Waals surface area contributed by atoms with Crippen LogP contribution in [-0.4, -0.2) is 44.2 Å².